The van der Waals surface area contributed by atoms with Crippen molar-refractivity contribution in [3.05, 3.63) is 10.4 Å². The Morgan fingerprint density at radius 1 is 1.73 bits per heavy atom. The standard InChI is InChI=1S/C9H16N4O2/c1-7(14)8-4-2-3-5-13(8)9(15)6-11-12-10/h7-8,14H,2-6H2,1H3/t7-,8-/m1/s1. The van der Waals surface area contributed by atoms with Gasteiger partial charge in [-0.05, 0) is 31.7 Å². The molecule has 15 heavy (non-hydrogen) atoms. The van der Waals surface area contributed by atoms with Gasteiger partial charge in [0.2, 0.25) is 5.91 Å². The van der Waals surface area contributed by atoms with Crippen molar-refractivity contribution in [1.82, 2.24) is 4.90 Å². The van der Waals surface area contributed by atoms with Crippen molar-refractivity contribution < 1.29 is 9.90 Å². The number of rotatable bonds is 3. The van der Waals surface area contributed by atoms with Crippen LogP contribution in [-0.4, -0.2) is 41.1 Å². The van der Waals surface area contributed by atoms with Crippen LogP contribution >= 0.6 is 0 Å². The Labute approximate surface area is 88.5 Å². The van der Waals surface area contributed by atoms with Gasteiger partial charge in [0.05, 0.1) is 12.1 Å². The number of aliphatic hydroxyl groups is 1. The Kier molecular flexibility index (Phi) is 4.39. The Morgan fingerprint density at radius 2 is 2.47 bits per heavy atom. The number of azide groups is 1. The van der Waals surface area contributed by atoms with Crippen LogP contribution < -0.4 is 0 Å². The number of hydrogen-bond donors (Lipinski definition) is 1. The maximum absolute atomic E-state index is 11.6. The second kappa shape index (κ2) is 5.58. The highest BCUT2D eigenvalue weighted by Gasteiger charge is 2.29. The van der Waals surface area contributed by atoms with E-state index < -0.39 is 6.10 Å². The minimum Gasteiger partial charge on any atom is -0.391 e. The Balaban J connectivity index is 2.62. The van der Waals surface area contributed by atoms with Crippen molar-refractivity contribution in [3.8, 4) is 0 Å². The van der Waals surface area contributed by atoms with Crippen LogP contribution in [0.3, 0.4) is 0 Å². The highest BCUT2D eigenvalue weighted by atomic mass is 16.3. The summed E-state index contributed by atoms with van der Waals surface area (Å²) in [5, 5.41) is 12.8. The molecule has 1 heterocycles. The van der Waals surface area contributed by atoms with Crippen LogP contribution in [0.2, 0.25) is 0 Å². The molecule has 2 atom stereocenters. The SMILES string of the molecule is C[C@@H](O)[C@H]1CCCCN1C(=O)CN=[N+]=[N-]. The van der Waals surface area contributed by atoms with Crippen LogP contribution in [-0.2, 0) is 4.79 Å². The number of nitrogens with zero attached hydrogens (tertiary/aromatic N) is 4. The van der Waals surface area contributed by atoms with Crippen LogP contribution in [0.1, 0.15) is 26.2 Å². The molecule has 1 rings (SSSR count). The van der Waals surface area contributed by atoms with Gasteiger partial charge in [-0.3, -0.25) is 4.79 Å². The third-order valence-electron chi connectivity index (χ3n) is 2.70. The van der Waals surface area contributed by atoms with Crippen molar-refractivity contribution in [2.24, 2.45) is 5.11 Å². The lowest BCUT2D eigenvalue weighted by molar-refractivity contribution is -0.136. The fraction of sp³-hybridized carbons (Fsp3) is 0.889. The molecule has 84 valence electrons. The molecule has 0 aromatic rings. The lowest BCUT2D eigenvalue weighted by Crippen LogP contribution is -2.49. The molecular weight excluding hydrogens is 196 g/mol. The van der Waals surface area contributed by atoms with E-state index in [0.717, 1.165) is 19.3 Å². The smallest absolute Gasteiger partial charge is 0.228 e. The van der Waals surface area contributed by atoms with Crippen LogP contribution in [0, 0.1) is 0 Å². The predicted octanol–water partition coefficient (Wildman–Crippen LogP) is 1.06. The maximum atomic E-state index is 11.6. The summed E-state index contributed by atoms with van der Waals surface area (Å²) in [6, 6.07) is -0.125. The van der Waals surface area contributed by atoms with Crippen LogP contribution in [0.4, 0.5) is 0 Å². The number of piperidine rings is 1. The molecule has 1 aliphatic heterocycles. The van der Waals surface area contributed by atoms with Crippen molar-refractivity contribution in [1.29, 1.82) is 0 Å². The van der Waals surface area contributed by atoms with E-state index in [2.05, 4.69) is 10.0 Å². The third kappa shape index (κ3) is 3.11. The molecule has 0 spiro atoms. The second-order valence-electron chi connectivity index (χ2n) is 3.78. The van der Waals surface area contributed by atoms with E-state index >= 15 is 0 Å². The van der Waals surface area contributed by atoms with E-state index in [9.17, 15) is 9.90 Å². The van der Waals surface area contributed by atoms with Crippen LogP contribution in [0.15, 0.2) is 5.11 Å². The lowest BCUT2D eigenvalue weighted by Gasteiger charge is -2.37. The number of likely N-dealkylation sites (tertiary alicyclic amines) is 1. The van der Waals surface area contributed by atoms with Gasteiger partial charge < -0.3 is 10.0 Å². The van der Waals surface area contributed by atoms with E-state index in [1.807, 2.05) is 0 Å². The lowest BCUT2D eigenvalue weighted by atomic mass is 9.98. The van der Waals surface area contributed by atoms with Crippen molar-refractivity contribution in [2.75, 3.05) is 13.1 Å². The Bertz CT molecular complexity index is 273. The summed E-state index contributed by atoms with van der Waals surface area (Å²) in [6.07, 6.45) is 2.27. The van der Waals surface area contributed by atoms with E-state index in [1.54, 1.807) is 11.8 Å². The first kappa shape index (κ1) is 11.8. The molecule has 0 saturated carbocycles. The average molecular weight is 212 g/mol. The highest BCUT2D eigenvalue weighted by molar-refractivity contribution is 5.78. The van der Waals surface area contributed by atoms with E-state index in [1.165, 1.54) is 0 Å². The summed E-state index contributed by atoms with van der Waals surface area (Å²) >= 11 is 0. The molecule has 1 N–H and O–H groups in total. The van der Waals surface area contributed by atoms with Gasteiger partial charge in [-0.1, -0.05) is 5.11 Å². The second-order valence-corrected chi connectivity index (χ2v) is 3.78. The Morgan fingerprint density at radius 3 is 3.07 bits per heavy atom. The van der Waals surface area contributed by atoms with Crippen molar-refractivity contribution in [3.63, 3.8) is 0 Å². The molecule has 0 aliphatic carbocycles. The molecule has 1 fully saturated rings. The quantitative estimate of drug-likeness (QED) is 0.430. The maximum Gasteiger partial charge on any atom is 0.228 e. The number of amides is 1. The van der Waals surface area contributed by atoms with Gasteiger partial charge in [0.15, 0.2) is 0 Å². The molecule has 0 aromatic heterocycles. The minimum absolute atomic E-state index is 0.125. The number of carbonyl (C=O) groups excluding carboxylic acids is 1. The van der Waals surface area contributed by atoms with Crippen LogP contribution in [0.25, 0.3) is 10.4 Å². The van der Waals surface area contributed by atoms with Gasteiger partial charge in [0, 0.05) is 11.5 Å². The Hall–Kier alpha value is -1.26. The molecule has 6 nitrogen and oxygen atoms in total. The first-order chi connectivity index (χ1) is 7.16. The van der Waals surface area contributed by atoms with Crippen molar-refractivity contribution in [2.45, 2.75) is 38.3 Å². The molecule has 1 aliphatic rings. The first-order valence-electron chi connectivity index (χ1n) is 5.15. The van der Waals surface area contributed by atoms with Gasteiger partial charge in [-0.15, -0.1) is 0 Å². The van der Waals surface area contributed by atoms with Gasteiger partial charge in [0.1, 0.15) is 6.54 Å². The molecule has 1 saturated heterocycles. The zero-order valence-corrected chi connectivity index (χ0v) is 8.83. The summed E-state index contributed by atoms with van der Waals surface area (Å²) in [7, 11) is 0. The zero-order chi connectivity index (χ0) is 11.3. The van der Waals surface area contributed by atoms with E-state index in [4.69, 9.17) is 5.53 Å². The predicted molar refractivity (Wildman–Crippen MR) is 55.0 cm³/mol. The normalized spacial score (nSPS) is 23.1. The van der Waals surface area contributed by atoms with E-state index in [0.29, 0.717) is 6.54 Å². The molecule has 1 amide bonds. The van der Waals surface area contributed by atoms with Crippen molar-refractivity contribution >= 4 is 5.91 Å². The van der Waals surface area contributed by atoms with E-state index in [-0.39, 0.29) is 18.5 Å². The molecule has 6 heteroatoms. The first-order valence-corrected chi connectivity index (χ1v) is 5.15. The third-order valence-corrected chi connectivity index (χ3v) is 2.70. The zero-order valence-electron chi connectivity index (χ0n) is 8.83. The monoisotopic (exact) mass is 212 g/mol. The summed E-state index contributed by atoms with van der Waals surface area (Å²) in [5.41, 5.74) is 8.13. The number of aliphatic hydroxyl groups excluding tert-OH is 1. The topological polar surface area (TPSA) is 89.3 Å². The average Bonchev–Trinajstić information content (AvgIpc) is 2.25. The summed E-state index contributed by atoms with van der Waals surface area (Å²) in [4.78, 5) is 15.8. The van der Waals surface area contributed by atoms with Gasteiger partial charge in [0.25, 0.3) is 0 Å². The van der Waals surface area contributed by atoms with Crippen LogP contribution in [0.5, 0.6) is 0 Å². The largest absolute Gasteiger partial charge is 0.391 e. The molecule has 0 unspecified atom stereocenters. The molecule has 0 aromatic carbocycles. The summed E-state index contributed by atoms with van der Waals surface area (Å²) in [6.45, 7) is 2.18. The fourth-order valence-corrected chi connectivity index (χ4v) is 1.95. The molecule has 0 bridgehead atoms. The van der Waals surface area contributed by atoms with Gasteiger partial charge in [-0.2, -0.15) is 0 Å². The van der Waals surface area contributed by atoms with Gasteiger partial charge in [-0.25, -0.2) is 0 Å². The molecular formula is C9H16N4O2. The molecule has 0 radical (unpaired) electrons. The van der Waals surface area contributed by atoms with Gasteiger partial charge >= 0.3 is 0 Å². The minimum atomic E-state index is -0.527. The number of hydrogen-bond acceptors (Lipinski definition) is 3. The highest BCUT2D eigenvalue weighted by Crippen LogP contribution is 2.19. The summed E-state index contributed by atoms with van der Waals surface area (Å²) in [5.74, 6) is -0.196. The summed E-state index contributed by atoms with van der Waals surface area (Å²) < 4.78 is 0. The number of carbonyl (C=O) groups is 1. The fourth-order valence-electron chi connectivity index (χ4n) is 1.95.